The maximum absolute atomic E-state index is 14.6. The number of hydrogen-bond acceptors (Lipinski definition) is 5. The number of fused-ring (bicyclic) bond motifs is 1. The number of nitrogens with one attached hydrogen (secondary N) is 1. The first-order valence-electron chi connectivity index (χ1n) is 12.5. The van der Waals surface area contributed by atoms with Crippen LogP contribution in [0.3, 0.4) is 0 Å². The number of aromatic nitrogens is 3. The SMILES string of the molecule is Fc1ccc(F)c([C@H]2C[C@H](F)CN2c2ccc3ncc(Cl)c(-c4ccc(C5CCNCC5)nc4)c3n2)c1. The van der Waals surface area contributed by atoms with E-state index in [0.717, 1.165) is 55.4 Å². The molecule has 2 atom stereocenters. The van der Waals surface area contributed by atoms with Gasteiger partial charge in [0.25, 0.3) is 0 Å². The summed E-state index contributed by atoms with van der Waals surface area (Å²) in [6, 6.07) is 10.1. The van der Waals surface area contributed by atoms with E-state index in [9.17, 15) is 13.2 Å². The number of pyridine rings is 3. The van der Waals surface area contributed by atoms with Crippen LogP contribution in [0.25, 0.3) is 22.2 Å². The van der Waals surface area contributed by atoms with Crippen LogP contribution in [0.4, 0.5) is 19.0 Å². The number of nitrogens with zero attached hydrogens (tertiary/aromatic N) is 4. The summed E-state index contributed by atoms with van der Waals surface area (Å²) in [4.78, 5) is 15.7. The molecule has 0 saturated carbocycles. The van der Waals surface area contributed by atoms with Crippen LogP contribution >= 0.6 is 11.6 Å². The maximum atomic E-state index is 14.6. The minimum Gasteiger partial charge on any atom is -0.346 e. The van der Waals surface area contributed by atoms with Gasteiger partial charge in [-0.2, -0.15) is 0 Å². The topological polar surface area (TPSA) is 53.9 Å². The number of halogens is 4. The standard InChI is InChI=1S/C28H25ClF3N5/c29-21-14-35-24-5-6-26(37-15-19(31)12-25(37)20-11-18(30)2-3-22(20)32)36-28(24)27(21)17-1-4-23(34-13-17)16-7-9-33-10-8-16/h1-6,11,13-14,16,19,25,33H,7-10,12,15H2/t19-,25+/m0/s1. The average molecular weight is 524 g/mol. The smallest absolute Gasteiger partial charge is 0.130 e. The van der Waals surface area contributed by atoms with Crippen LogP contribution in [-0.4, -0.2) is 40.8 Å². The summed E-state index contributed by atoms with van der Waals surface area (Å²) >= 11 is 6.62. The zero-order valence-electron chi connectivity index (χ0n) is 20.0. The monoisotopic (exact) mass is 523 g/mol. The fraction of sp³-hybridized carbons (Fsp3) is 0.321. The van der Waals surface area contributed by atoms with E-state index in [-0.39, 0.29) is 18.5 Å². The van der Waals surface area contributed by atoms with Gasteiger partial charge in [-0.15, -0.1) is 0 Å². The second kappa shape index (κ2) is 9.91. The molecule has 2 aliphatic rings. The molecule has 0 spiro atoms. The van der Waals surface area contributed by atoms with E-state index in [1.807, 2.05) is 18.3 Å². The quantitative estimate of drug-likeness (QED) is 0.336. The summed E-state index contributed by atoms with van der Waals surface area (Å²) in [5.41, 5.74) is 3.82. The van der Waals surface area contributed by atoms with Crippen molar-refractivity contribution in [3.8, 4) is 11.1 Å². The molecular formula is C28H25ClF3N5. The van der Waals surface area contributed by atoms with Gasteiger partial charge in [-0.25, -0.2) is 18.2 Å². The molecular weight excluding hydrogens is 499 g/mol. The fourth-order valence-electron chi connectivity index (χ4n) is 5.48. The van der Waals surface area contributed by atoms with Crippen LogP contribution in [0, 0.1) is 11.6 Å². The number of anilines is 1. The first kappa shape index (κ1) is 24.1. The molecule has 0 aliphatic carbocycles. The summed E-state index contributed by atoms with van der Waals surface area (Å²) in [5, 5.41) is 3.79. The molecule has 0 unspecified atom stereocenters. The predicted molar refractivity (Wildman–Crippen MR) is 139 cm³/mol. The van der Waals surface area contributed by atoms with E-state index in [2.05, 4.69) is 10.3 Å². The van der Waals surface area contributed by atoms with Crippen LogP contribution in [-0.2, 0) is 0 Å². The van der Waals surface area contributed by atoms with E-state index >= 15 is 0 Å². The number of benzene rings is 1. The van der Waals surface area contributed by atoms with Gasteiger partial charge in [-0.05, 0) is 62.3 Å². The van der Waals surface area contributed by atoms with E-state index in [1.165, 1.54) is 0 Å². The van der Waals surface area contributed by atoms with Crippen molar-refractivity contribution in [1.82, 2.24) is 20.3 Å². The molecule has 2 aliphatic heterocycles. The van der Waals surface area contributed by atoms with Crippen molar-refractivity contribution < 1.29 is 13.2 Å². The van der Waals surface area contributed by atoms with Crippen LogP contribution in [0.5, 0.6) is 0 Å². The van der Waals surface area contributed by atoms with Crippen molar-refractivity contribution in [1.29, 1.82) is 0 Å². The van der Waals surface area contributed by atoms with Gasteiger partial charge in [0.15, 0.2) is 0 Å². The molecule has 9 heteroatoms. The molecule has 0 bridgehead atoms. The van der Waals surface area contributed by atoms with Gasteiger partial charge in [0.05, 0.1) is 23.1 Å². The molecule has 0 radical (unpaired) electrons. The number of hydrogen-bond donors (Lipinski definition) is 1. The number of rotatable bonds is 4. The molecule has 190 valence electrons. The van der Waals surface area contributed by atoms with Gasteiger partial charge in [0.2, 0.25) is 0 Å². The Morgan fingerprint density at radius 1 is 0.973 bits per heavy atom. The lowest BCUT2D eigenvalue weighted by molar-refractivity contribution is 0.355. The summed E-state index contributed by atoms with van der Waals surface area (Å²) < 4.78 is 43.2. The van der Waals surface area contributed by atoms with Gasteiger partial charge < -0.3 is 10.2 Å². The fourth-order valence-corrected chi connectivity index (χ4v) is 5.73. The Kier molecular flexibility index (Phi) is 6.46. The Bertz CT molecular complexity index is 1440. The molecule has 5 heterocycles. The van der Waals surface area contributed by atoms with Gasteiger partial charge in [0, 0.05) is 47.1 Å². The van der Waals surface area contributed by atoms with Crippen molar-refractivity contribution in [3.63, 3.8) is 0 Å². The number of alkyl halides is 1. The molecule has 6 rings (SSSR count). The maximum Gasteiger partial charge on any atom is 0.130 e. The van der Waals surface area contributed by atoms with Gasteiger partial charge >= 0.3 is 0 Å². The van der Waals surface area contributed by atoms with Crippen molar-refractivity contribution >= 4 is 28.5 Å². The van der Waals surface area contributed by atoms with E-state index in [1.54, 1.807) is 23.2 Å². The normalized spacial score (nSPS) is 20.6. The van der Waals surface area contributed by atoms with Crippen LogP contribution < -0.4 is 10.2 Å². The van der Waals surface area contributed by atoms with Crippen molar-refractivity contribution in [2.24, 2.45) is 0 Å². The average Bonchev–Trinajstić information content (AvgIpc) is 3.31. The van der Waals surface area contributed by atoms with Crippen molar-refractivity contribution in [2.45, 2.75) is 37.4 Å². The lowest BCUT2D eigenvalue weighted by Gasteiger charge is -2.26. The van der Waals surface area contributed by atoms with Gasteiger partial charge in [-0.1, -0.05) is 17.7 Å². The Morgan fingerprint density at radius 3 is 2.59 bits per heavy atom. The van der Waals surface area contributed by atoms with Gasteiger partial charge in [0.1, 0.15) is 29.1 Å². The molecule has 4 aromatic rings. The van der Waals surface area contributed by atoms with Crippen LogP contribution in [0.15, 0.2) is 54.9 Å². The third-order valence-electron chi connectivity index (χ3n) is 7.35. The minimum absolute atomic E-state index is 0.0228. The highest BCUT2D eigenvalue weighted by Gasteiger charge is 2.36. The Balaban J connectivity index is 1.40. The highest BCUT2D eigenvalue weighted by molar-refractivity contribution is 6.34. The van der Waals surface area contributed by atoms with E-state index in [4.69, 9.17) is 21.6 Å². The zero-order chi connectivity index (χ0) is 25.5. The summed E-state index contributed by atoms with van der Waals surface area (Å²) in [7, 11) is 0. The van der Waals surface area contributed by atoms with E-state index < -0.39 is 23.8 Å². The highest BCUT2D eigenvalue weighted by Crippen LogP contribution is 2.40. The highest BCUT2D eigenvalue weighted by atomic mass is 35.5. The zero-order valence-corrected chi connectivity index (χ0v) is 20.7. The molecule has 2 saturated heterocycles. The summed E-state index contributed by atoms with van der Waals surface area (Å²) in [6.07, 6.45) is 4.34. The lowest BCUT2D eigenvalue weighted by atomic mass is 9.93. The second-order valence-corrected chi connectivity index (χ2v) is 10.1. The van der Waals surface area contributed by atoms with E-state index in [0.29, 0.717) is 33.4 Å². The van der Waals surface area contributed by atoms with Gasteiger partial charge in [-0.3, -0.25) is 9.97 Å². The largest absolute Gasteiger partial charge is 0.346 e. The molecule has 1 aromatic carbocycles. The molecule has 2 fully saturated rings. The van der Waals surface area contributed by atoms with Crippen molar-refractivity contribution in [2.75, 3.05) is 24.5 Å². The second-order valence-electron chi connectivity index (χ2n) is 9.68. The first-order chi connectivity index (χ1) is 18.0. The third-order valence-corrected chi connectivity index (χ3v) is 7.63. The number of piperidine rings is 1. The van der Waals surface area contributed by atoms with Crippen LogP contribution in [0.1, 0.15) is 42.5 Å². The lowest BCUT2D eigenvalue weighted by Crippen LogP contribution is -2.27. The predicted octanol–water partition coefficient (Wildman–Crippen LogP) is 6.38. The molecule has 3 aromatic heterocycles. The molecule has 0 amide bonds. The minimum atomic E-state index is -1.20. The Morgan fingerprint density at radius 2 is 1.81 bits per heavy atom. The Labute approximate surface area is 217 Å². The Hall–Kier alpha value is -3.23. The summed E-state index contributed by atoms with van der Waals surface area (Å²) in [5.74, 6) is -0.264. The summed E-state index contributed by atoms with van der Waals surface area (Å²) in [6.45, 7) is 1.99. The molecule has 37 heavy (non-hydrogen) atoms. The molecule has 5 nitrogen and oxygen atoms in total. The third kappa shape index (κ3) is 4.64. The van der Waals surface area contributed by atoms with Crippen molar-refractivity contribution in [3.05, 3.63) is 82.8 Å². The molecule has 1 N–H and O–H groups in total. The van der Waals surface area contributed by atoms with Crippen LogP contribution in [0.2, 0.25) is 5.02 Å². The first-order valence-corrected chi connectivity index (χ1v) is 12.8.